The highest BCUT2D eigenvalue weighted by molar-refractivity contribution is 9.10. The minimum Gasteiger partial charge on any atom is -0.396 e. The topological polar surface area (TPSA) is 95.7 Å². The Morgan fingerprint density at radius 3 is 2.70 bits per heavy atom. The largest absolute Gasteiger partial charge is 0.396 e. The molecule has 0 saturated carbocycles. The molecule has 0 radical (unpaired) electrons. The summed E-state index contributed by atoms with van der Waals surface area (Å²) in [4.78, 5) is 28.4. The summed E-state index contributed by atoms with van der Waals surface area (Å²) in [5, 5.41) is 26.5. The zero-order valence-corrected chi connectivity index (χ0v) is 21.8. The Hall–Kier alpha value is -3.59. The Morgan fingerprint density at radius 1 is 1.08 bits per heavy atom. The maximum Gasteiger partial charge on any atom is 0.279 e. The normalized spacial score (nSPS) is 18.1. The number of hydrogen-bond acceptors (Lipinski definition) is 5. The molecule has 7 nitrogen and oxygen atoms in total. The zero-order chi connectivity index (χ0) is 26.2. The van der Waals surface area contributed by atoms with Crippen LogP contribution in [0.2, 0.25) is 0 Å². The highest BCUT2D eigenvalue weighted by Gasteiger charge is 2.52. The molecule has 2 N–H and O–H groups in total. The van der Waals surface area contributed by atoms with Gasteiger partial charge in [-0.3, -0.25) is 9.59 Å². The number of aliphatic hydroxyl groups is 2. The molecule has 5 rings (SSSR count). The third-order valence-electron chi connectivity index (χ3n) is 6.80. The molecule has 0 saturated heterocycles. The first-order valence-electron chi connectivity index (χ1n) is 12.0. The van der Waals surface area contributed by atoms with Gasteiger partial charge in [-0.25, -0.2) is 0 Å². The summed E-state index contributed by atoms with van der Waals surface area (Å²) >= 11 is 3.46. The molecule has 1 aliphatic rings. The van der Waals surface area contributed by atoms with Gasteiger partial charge < -0.3 is 15.1 Å². The number of carbonyl (C=O) groups excluding carboxylic acids is 1. The van der Waals surface area contributed by atoms with Gasteiger partial charge in [0.1, 0.15) is 0 Å². The van der Waals surface area contributed by atoms with Gasteiger partial charge in [0.05, 0.1) is 29.5 Å². The van der Waals surface area contributed by atoms with Crippen molar-refractivity contribution in [3.63, 3.8) is 0 Å². The molecule has 1 amide bonds. The molecule has 2 atom stereocenters. The fourth-order valence-corrected chi connectivity index (χ4v) is 5.20. The Morgan fingerprint density at radius 2 is 1.89 bits per heavy atom. The van der Waals surface area contributed by atoms with Crippen LogP contribution in [0.3, 0.4) is 0 Å². The third-order valence-corrected chi connectivity index (χ3v) is 7.30. The maximum atomic E-state index is 13.7. The van der Waals surface area contributed by atoms with Gasteiger partial charge in [-0.05, 0) is 48.4 Å². The average Bonchev–Trinajstić information content (AvgIpc) is 3.11. The number of carbonyl (C=O) groups is 1. The summed E-state index contributed by atoms with van der Waals surface area (Å²) in [5.41, 5.74) is 0.557. The summed E-state index contributed by atoms with van der Waals surface area (Å²) < 4.78 is 2.11. The fourth-order valence-electron chi connectivity index (χ4n) is 4.83. The fraction of sp³-hybridized carbons (Fsp3) is 0.207. The summed E-state index contributed by atoms with van der Waals surface area (Å²) in [6.07, 6.45) is 5.64. The predicted octanol–water partition coefficient (Wildman–Crippen LogP) is 4.46. The van der Waals surface area contributed by atoms with Crippen molar-refractivity contribution in [2.24, 2.45) is 5.92 Å². The van der Waals surface area contributed by atoms with E-state index in [0.717, 1.165) is 15.4 Å². The average molecular weight is 560 g/mol. The second kappa shape index (κ2) is 10.0. The number of anilines is 1. The number of fused-ring (bicyclic) bond motifs is 2. The second-order valence-electron chi connectivity index (χ2n) is 9.17. The molecule has 4 aromatic rings. The molecular weight excluding hydrogens is 534 g/mol. The van der Waals surface area contributed by atoms with Crippen LogP contribution in [-0.4, -0.2) is 32.5 Å². The van der Waals surface area contributed by atoms with E-state index in [-0.39, 0.29) is 18.7 Å². The summed E-state index contributed by atoms with van der Waals surface area (Å²) in [7, 11) is 0. The van der Waals surface area contributed by atoms with Gasteiger partial charge in [0.25, 0.3) is 11.5 Å². The Labute approximate surface area is 222 Å². The minimum absolute atomic E-state index is 0.00462. The van der Waals surface area contributed by atoms with Crippen molar-refractivity contribution in [3.8, 4) is 5.69 Å². The first-order valence-corrected chi connectivity index (χ1v) is 12.8. The molecule has 188 valence electrons. The quantitative estimate of drug-likeness (QED) is 0.326. The van der Waals surface area contributed by atoms with Gasteiger partial charge in [-0.15, -0.1) is 0 Å². The summed E-state index contributed by atoms with van der Waals surface area (Å²) in [5.74, 6) is -0.940. The SMILES string of the molecule is C[C@H](/C=C/CCO)[C@@]1(O)C(=O)N(Cc2cccc(-n3ncc4ccccc4c3=O)c2)c2ccc(Br)cc21. The predicted molar refractivity (Wildman–Crippen MR) is 147 cm³/mol. The van der Waals surface area contributed by atoms with Crippen LogP contribution >= 0.6 is 15.9 Å². The number of hydrogen-bond donors (Lipinski definition) is 2. The number of benzene rings is 3. The molecule has 0 bridgehead atoms. The molecule has 2 heterocycles. The number of nitrogens with zero attached hydrogens (tertiary/aromatic N) is 3. The lowest BCUT2D eigenvalue weighted by Crippen LogP contribution is -2.44. The van der Waals surface area contributed by atoms with Crippen LogP contribution < -0.4 is 10.5 Å². The molecule has 8 heteroatoms. The minimum atomic E-state index is -1.75. The smallest absolute Gasteiger partial charge is 0.279 e. The van der Waals surface area contributed by atoms with Crippen molar-refractivity contribution in [1.29, 1.82) is 0 Å². The lowest BCUT2D eigenvalue weighted by atomic mass is 9.83. The molecule has 3 aromatic carbocycles. The number of amides is 1. The van der Waals surface area contributed by atoms with Crippen LogP contribution in [-0.2, 0) is 16.9 Å². The number of rotatable bonds is 7. The van der Waals surface area contributed by atoms with Crippen LogP contribution in [0.25, 0.3) is 16.5 Å². The first-order chi connectivity index (χ1) is 17.8. The van der Waals surface area contributed by atoms with Crippen LogP contribution in [0, 0.1) is 5.92 Å². The van der Waals surface area contributed by atoms with E-state index in [1.807, 2.05) is 48.5 Å². The second-order valence-corrected chi connectivity index (χ2v) is 10.1. The van der Waals surface area contributed by atoms with E-state index in [1.165, 1.54) is 4.68 Å². The van der Waals surface area contributed by atoms with Crippen LogP contribution in [0.5, 0.6) is 0 Å². The van der Waals surface area contributed by atoms with Crippen molar-refractivity contribution in [2.75, 3.05) is 11.5 Å². The van der Waals surface area contributed by atoms with E-state index >= 15 is 0 Å². The van der Waals surface area contributed by atoms with Crippen molar-refractivity contribution in [2.45, 2.75) is 25.5 Å². The van der Waals surface area contributed by atoms with E-state index in [0.29, 0.717) is 28.7 Å². The van der Waals surface area contributed by atoms with Gasteiger partial charge in [0.15, 0.2) is 5.60 Å². The van der Waals surface area contributed by atoms with Crippen molar-refractivity contribution < 1.29 is 15.0 Å². The van der Waals surface area contributed by atoms with E-state index in [4.69, 9.17) is 5.11 Å². The highest BCUT2D eigenvalue weighted by atomic mass is 79.9. The lowest BCUT2D eigenvalue weighted by molar-refractivity contribution is -0.139. The zero-order valence-electron chi connectivity index (χ0n) is 20.2. The molecule has 1 aromatic heterocycles. The summed E-state index contributed by atoms with van der Waals surface area (Å²) in [6, 6.07) is 20.1. The number of halogens is 1. The molecule has 0 unspecified atom stereocenters. The van der Waals surface area contributed by atoms with Crippen molar-refractivity contribution in [1.82, 2.24) is 9.78 Å². The van der Waals surface area contributed by atoms with Crippen molar-refractivity contribution >= 4 is 38.3 Å². The summed E-state index contributed by atoms with van der Waals surface area (Å²) in [6.45, 7) is 1.99. The van der Waals surface area contributed by atoms with Gasteiger partial charge in [0, 0.05) is 27.9 Å². The lowest BCUT2D eigenvalue weighted by Gasteiger charge is -2.27. The van der Waals surface area contributed by atoms with Gasteiger partial charge in [0.2, 0.25) is 0 Å². The van der Waals surface area contributed by atoms with E-state index < -0.39 is 17.4 Å². The first kappa shape index (κ1) is 25.1. The van der Waals surface area contributed by atoms with E-state index in [2.05, 4.69) is 21.0 Å². The Bertz CT molecular complexity index is 1580. The van der Waals surface area contributed by atoms with Gasteiger partial charge in [-0.1, -0.05) is 65.3 Å². The van der Waals surface area contributed by atoms with E-state index in [9.17, 15) is 14.7 Å². The Kier molecular flexibility index (Phi) is 6.81. The number of aliphatic hydroxyl groups excluding tert-OH is 1. The monoisotopic (exact) mass is 559 g/mol. The highest BCUT2D eigenvalue weighted by Crippen LogP contribution is 2.46. The maximum absolute atomic E-state index is 13.7. The molecule has 0 aliphatic carbocycles. The van der Waals surface area contributed by atoms with Crippen LogP contribution in [0.1, 0.15) is 24.5 Å². The number of aromatic nitrogens is 2. The van der Waals surface area contributed by atoms with Crippen LogP contribution in [0.15, 0.2) is 94.3 Å². The molecule has 0 spiro atoms. The van der Waals surface area contributed by atoms with Gasteiger partial charge in [-0.2, -0.15) is 9.78 Å². The Balaban J connectivity index is 1.51. The van der Waals surface area contributed by atoms with E-state index in [1.54, 1.807) is 48.4 Å². The van der Waals surface area contributed by atoms with Gasteiger partial charge >= 0.3 is 0 Å². The standard InChI is InChI=1S/C29H26BrN3O4/c1-19(7-4-5-14-34)29(37)25-16-22(30)12-13-26(25)32(28(29)36)18-20-8-6-10-23(15-20)33-27(35)24-11-3-2-9-21(24)17-31-33/h2-4,6-13,15-17,19,34,37H,5,14,18H2,1H3/b7-4+/t19-,29+/m1/s1. The molecular formula is C29H26BrN3O4. The molecule has 37 heavy (non-hydrogen) atoms. The van der Waals surface area contributed by atoms with Crippen LogP contribution in [0.4, 0.5) is 5.69 Å². The molecule has 1 aliphatic heterocycles. The third kappa shape index (κ3) is 4.41. The van der Waals surface area contributed by atoms with Crippen molar-refractivity contribution in [3.05, 3.63) is 111 Å². The molecule has 0 fully saturated rings.